The number of ether oxygens (including phenoxy) is 2. The first-order chi connectivity index (χ1) is 8.81. The number of hydrogen-bond acceptors (Lipinski definition) is 4. The van der Waals surface area contributed by atoms with Crippen molar-refractivity contribution >= 4 is 28.0 Å². The SMILES string of the molecule is CC(C)(C)OC(=O)N1CC[C@H]2C(=O)O[C@H](CBr)C[C@H]21. The molecular formula is C13H20BrNO4. The zero-order chi connectivity index (χ0) is 14.2. The highest BCUT2D eigenvalue weighted by Crippen LogP contribution is 2.35. The second-order valence-electron chi connectivity index (χ2n) is 6.09. The van der Waals surface area contributed by atoms with Crippen LogP contribution in [-0.4, -0.2) is 46.6 Å². The summed E-state index contributed by atoms with van der Waals surface area (Å²) in [7, 11) is 0. The van der Waals surface area contributed by atoms with E-state index in [9.17, 15) is 9.59 Å². The van der Waals surface area contributed by atoms with Crippen molar-refractivity contribution in [2.45, 2.75) is 51.4 Å². The number of carbonyl (C=O) groups is 2. The molecule has 19 heavy (non-hydrogen) atoms. The highest BCUT2D eigenvalue weighted by molar-refractivity contribution is 9.09. The van der Waals surface area contributed by atoms with Crippen molar-refractivity contribution < 1.29 is 19.1 Å². The predicted octanol–water partition coefficient (Wildman–Crippen LogP) is 2.32. The van der Waals surface area contributed by atoms with E-state index in [0.29, 0.717) is 24.7 Å². The molecule has 108 valence electrons. The Bertz CT molecular complexity index is 379. The van der Waals surface area contributed by atoms with Gasteiger partial charge in [-0.3, -0.25) is 4.79 Å². The lowest BCUT2D eigenvalue weighted by Crippen LogP contribution is -2.48. The van der Waals surface area contributed by atoms with Crippen molar-refractivity contribution in [3.63, 3.8) is 0 Å². The van der Waals surface area contributed by atoms with Gasteiger partial charge in [-0.05, 0) is 27.2 Å². The summed E-state index contributed by atoms with van der Waals surface area (Å²) in [4.78, 5) is 25.7. The number of halogens is 1. The quantitative estimate of drug-likeness (QED) is 0.546. The topological polar surface area (TPSA) is 55.8 Å². The first-order valence-corrected chi connectivity index (χ1v) is 7.70. The number of esters is 1. The van der Waals surface area contributed by atoms with Crippen molar-refractivity contribution in [1.82, 2.24) is 4.90 Å². The van der Waals surface area contributed by atoms with Crippen molar-refractivity contribution in [3.8, 4) is 0 Å². The zero-order valence-electron chi connectivity index (χ0n) is 11.5. The summed E-state index contributed by atoms with van der Waals surface area (Å²) in [5, 5.41) is 0.601. The molecule has 0 bridgehead atoms. The van der Waals surface area contributed by atoms with E-state index in [0.717, 1.165) is 0 Å². The Balaban J connectivity index is 2.07. The molecule has 0 spiro atoms. The number of cyclic esters (lactones) is 1. The number of rotatable bonds is 1. The third-order valence-corrected chi connectivity index (χ3v) is 4.16. The predicted molar refractivity (Wildman–Crippen MR) is 73.1 cm³/mol. The van der Waals surface area contributed by atoms with Crippen LogP contribution in [0.25, 0.3) is 0 Å². The Kier molecular flexibility index (Phi) is 4.08. The Morgan fingerprint density at radius 3 is 2.79 bits per heavy atom. The highest BCUT2D eigenvalue weighted by atomic mass is 79.9. The van der Waals surface area contributed by atoms with E-state index >= 15 is 0 Å². The molecule has 6 heteroatoms. The van der Waals surface area contributed by atoms with Crippen molar-refractivity contribution in [2.24, 2.45) is 5.92 Å². The summed E-state index contributed by atoms with van der Waals surface area (Å²) in [5.41, 5.74) is -0.515. The summed E-state index contributed by atoms with van der Waals surface area (Å²) in [5.74, 6) is -0.380. The van der Waals surface area contributed by atoms with Crippen LogP contribution in [-0.2, 0) is 14.3 Å². The fourth-order valence-corrected chi connectivity index (χ4v) is 3.03. The lowest BCUT2D eigenvalue weighted by Gasteiger charge is -2.35. The lowest BCUT2D eigenvalue weighted by atomic mass is 9.93. The van der Waals surface area contributed by atoms with Gasteiger partial charge in [-0.1, -0.05) is 15.9 Å². The van der Waals surface area contributed by atoms with Crippen LogP contribution in [0.4, 0.5) is 4.79 Å². The minimum absolute atomic E-state index is 0.0846. The Morgan fingerprint density at radius 2 is 2.21 bits per heavy atom. The van der Waals surface area contributed by atoms with E-state index < -0.39 is 5.60 Å². The van der Waals surface area contributed by atoms with Gasteiger partial charge in [0.25, 0.3) is 0 Å². The molecule has 2 rings (SSSR count). The summed E-state index contributed by atoms with van der Waals surface area (Å²) in [6, 6.07) is -0.0846. The zero-order valence-corrected chi connectivity index (χ0v) is 13.1. The number of likely N-dealkylation sites (tertiary alicyclic amines) is 1. The van der Waals surface area contributed by atoms with Gasteiger partial charge in [0.05, 0.1) is 12.0 Å². The van der Waals surface area contributed by atoms with E-state index in [1.54, 1.807) is 4.90 Å². The molecule has 0 radical (unpaired) electrons. The summed E-state index contributed by atoms with van der Waals surface area (Å²) < 4.78 is 10.7. The number of fused-ring (bicyclic) bond motifs is 1. The second-order valence-corrected chi connectivity index (χ2v) is 6.73. The maximum absolute atomic E-state index is 12.2. The number of carbonyl (C=O) groups excluding carboxylic acids is 2. The van der Waals surface area contributed by atoms with Crippen LogP contribution in [0.1, 0.15) is 33.6 Å². The molecule has 0 aromatic rings. The lowest BCUT2D eigenvalue weighted by molar-refractivity contribution is -0.160. The number of nitrogens with zero attached hydrogens (tertiary/aromatic N) is 1. The highest BCUT2D eigenvalue weighted by Gasteiger charge is 2.47. The first-order valence-electron chi connectivity index (χ1n) is 6.58. The van der Waals surface area contributed by atoms with Crippen LogP contribution in [0.15, 0.2) is 0 Å². The number of amides is 1. The van der Waals surface area contributed by atoms with E-state index in [1.165, 1.54) is 0 Å². The van der Waals surface area contributed by atoms with Crippen LogP contribution >= 0.6 is 15.9 Å². The first kappa shape index (κ1) is 14.6. The third-order valence-electron chi connectivity index (χ3n) is 3.44. The third kappa shape index (κ3) is 3.22. The summed E-state index contributed by atoms with van der Waals surface area (Å²) in [6.45, 7) is 6.09. The molecule has 2 aliphatic heterocycles. The van der Waals surface area contributed by atoms with Crippen molar-refractivity contribution in [2.75, 3.05) is 11.9 Å². The van der Waals surface area contributed by atoms with Gasteiger partial charge in [0.1, 0.15) is 11.7 Å². The van der Waals surface area contributed by atoms with Crippen LogP contribution in [0, 0.1) is 5.92 Å². The van der Waals surface area contributed by atoms with E-state index in [-0.39, 0.29) is 30.1 Å². The molecule has 0 aliphatic carbocycles. The van der Waals surface area contributed by atoms with Gasteiger partial charge in [-0.15, -0.1) is 0 Å². The number of hydrogen-bond donors (Lipinski definition) is 0. The molecule has 2 fully saturated rings. The molecular weight excluding hydrogens is 314 g/mol. The van der Waals surface area contributed by atoms with Gasteiger partial charge in [-0.2, -0.15) is 0 Å². The molecule has 0 N–H and O–H groups in total. The van der Waals surface area contributed by atoms with Gasteiger partial charge in [-0.25, -0.2) is 4.79 Å². The standard InChI is InChI=1S/C13H20BrNO4/c1-13(2,3)19-12(17)15-5-4-9-10(15)6-8(7-14)18-11(9)16/h8-10H,4-7H2,1-3H3/t8-,9+,10+/m0/s1. The van der Waals surface area contributed by atoms with Crippen LogP contribution in [0.3, 0.4) is 0 Å². The summed E-state index contributed by atoms with van der Waals surface area (Å²) >= 11 is 3.33. The van der Waals surface area contributed by atoms with Crippen molar-refractivity contribution in [1.29, 1.82) is 0 Å². The van der Waals surface area contributed by atoms with Crippen LogP contribution in [0.5, 0.6) is 0 Å². The molecule has 0 saturated carbocycles. The number of alkyl halides is 1. The molecule has 2 aliphatic rings. The largest absolute Gasteiger partial charge is 0.461 e. The van der Waals surface area contributed by atoms with Gasteiger partial charge in [0, 0.05) is 18.3 Å². The average molecular weight is 334 g/mol. The van der Waals surface area contributed by atoms with Gasteiger partial charge < -0.3 is 14.4 Å². The van der Waals surface area contributed by atoms with Crippen LogP contribution in [0.2, 0.25) is 0 Å². The molecule has 1 amide bonds. The molecule has 2 saturated heterocycles. The van der Waals surface area contributed by atoms with Gasteiger partial charge in [0.15, 0.2) is 0 Å². The second kappa shape index (κ2) is 5.31. The smallest absolute Gasteiger partial charge is 0.410 e. The normalized spacial score (nSPS) is 30.8. The minimum atomic E-state index is -0.515. The van der Waals surface area contributed by atoms with Gasteiger partial charge >= 0.3 is 12.1 Å². The Labute approximate surface area is 121 Å². The molecule has 3 atom stereocenters. The molecule has 0 aromatic carbocycles. The fraction of sp³-hybridized carbons (Fsp3) is 0.846. The molecule has 0 unspecified atom stereocenters. The van der Waals surface area contributed by atoms with Crippen molar-refractivity contribution in [3.05, 3.63) is 0 Å². The maximum atomic E-state index is 12.2. The maximum Gasteiger partial charge on any atom is 0.410 e. The molecule has 2 heterocycles. The van der Waals surface area contributed by atoms with Crippen LogP contribution < -0.4 is 0 Å². The van der Waals surface area contributed by atoms with Gasteiger partial charge in [0.2, 0.25) is 0 Å². The fourth-order valence-electron chi connectivity index (χ4n) is 2.63. The Hall–Kier alpha value is -0.780. The Morgan fingerprint density at radius 1 is 1.53 bits per heavy atom. The molecule has 5 nitrogen and oxygen atoms in total. The monoisotopic (exact) mass is 333 g/mol. The summed E-state index contributed by atoms with van der Waals surface area (Å²) in [6.07, 6.45) is 0.860. The van der Waals surface area contributed by atoms with E-state index in [1.807, 2.05) is 20.8 Å². The average Bonchev–Trinajstić information content (AvgIpc) is 2.70. The van der Waals surface area contributed by atoms with E-state index in [4.69, 9.17) is 9.47 Å². The van der Waals surface area contributed by atoms with E-state index in [2.05, 4.69) is 15.9 Å². The minimum Gasteiger partial charge on any atom is -0.461 e. The molecule has 0 aromatic heterocycles.